The molecule has 0 fully saturated rings. The lowest BCUT2D eigenvalue weighted by atomic mass is 9.93. The summed E-state index contributed by atoms with van der Waals surface area (Å²) < 4.78 is 11.7. The van der Waals surface area contributed by atoms with Crippen LogP contribution in [0.5, 0.6) is 11.5 Å². The minimum Gasteiger partial charge on any atom is -0.497 e. The van der Waals surface area contributed by atoms with Crippen LogP contribution < -0.4 is 9.47 Å². The topological polar surface area (TPSA) is 18.5 Å². The molecule has 1 atom stereocenters. The van der Waals surface area contributed by atoms with Crippen molar-refractivity contribution in [3.63, 3.8) is 0 Å². The van der Waals surface area contributed by atoms with Crippen LogP contribution in [0.1, 0.15) is 64.5 Å². The second kappa shape index (κ2) is 8.42. The maximum atomic E-state index is 6.36. The Labute approximate surface area is 153 Å². The minimum atomic E-state index is -0.247. The lowest BCUT2D eigenvalue weighted by Crippen LogP contribution is -2.32. The highest BCUT2D eigenvalue weighted by Gasteiger charge is 2.28. The van der Waals surface area contributed by atoms with Gasteiger partial charge in [0.25, 0.3) is 0 Å². The number of hydrogen-bond acceptors (Lipinski definition) is 2. The summed E-state index contributed by atoms with van der Waals surface area (Å²) in [6.07, 6.45) is 13.3. The summed E-state index contributed by atoms with van der Waals surface area (Å²) in [5.41, 5.74) is 4.83. The van der Waals surface area contributed by atoms with Crippen molar-refractivity contribution >= 4 is 6.08 Å². The molecule has 2 nitrogen and oxygen atoms in total. The predicted molar refractivity (Wildman–Crippen MR) is 107 cm³/mol. The first-order valence-corrected chi connectivity index (χ1v) is 9.19. The first-order chi connectivity index (χ1) is 11.8. The molecule has 0 radical (unpaired) electrons. The van der Waals surface area contributed by atoms with Crippen LogP contribution in [0, 0.1) is 6.92 Å². The Morgan fingerprint density at radius 3 is 2.60 bits per heavy atom. The average Bonchev–Trinajstić information content (AvgIpc) is 2.55. The van der Waals surface area contributed by atoms with Gasteiger partial charge in [0.15, 0.2) is 0 Å². The molecular formula is C23H32O2. The van der Waals surface area contributed by atoms with Gasteiger partial charge in [0, 0.05) is 5.56 Å². The summed E-state index contributed by atoms with van der Waals surface area (Å²) in [4.78, 5) is 0. The van der Waals surface area contributed by atoms with Crippen LogP contribution in [0.3, 0.4) is 0 Å². The van der Waals surface area contributed by atoms with Crippen molar-refractivity contribution in [2.24, 2.45) is 0 Å². The summed E-state index contributed by atoms with van der Waals surface area (Å²) >= 11 is 0. The third kappa shape index (κ3) is 5.52. The van der Waals surface area contributed by atoms with Gasteiger partial charge in [0.05, 0.1) is 7.11 Å². The molecule has 1 aromatic rings. The zero-order valence-corrected chi connectivity index (χ0v) is 16.6. The highest BCUT2D eigenvalue weighted by Crippen LogP contribution is 2.38. The zero-order chi connectivity index (χ0) is 18.4. The number of ether oxygens (including phenoxy) is 2. The Hall–Kier alpha value is -1.96. The van der Waals surface area contributed by atoms with E-state index in [0.29, 0.717) is 0 Å². The molecule has 136 valence electrons. The highest BCUT2D eigenvalue weighted by molar-refractivity contribution is 5.65. The van der Waals surface area contributed by atoms with Crippen LogP contribution in [-0.4, -0.2) is 12.7 Å². The minimum absolute atomic E-state index is 0.247. The van der Waals surface area contributed by atoms with Gasteiger partial charge in [-0.3, -0.25) is 0 Å². The molecule has 1 aliphatic rings. The number of hydrogen-bond donors (Lipinski definition) is 0. The largest absolute Gasteiger partial charge is 0.497 e. The van der Waals surface area contributed by atoms with Crippen molar-refractivity contribution < 1.29 is 9.47 Å². The molecule has 1 unspecified atom stereocenters. The molecule has 25 heavy (non-hydrogen) atoms. The number of methoxy groups -OCH3 is 1. The SMILES string of the molecule is COc1cc(C)c2c(c1)C=CC(C)(CCC=C(C)CCC=C(C)C)O2. The molecule has 1 aromatic carbocycles. The third-order valence-electron chi connectivity index (χ3n) is 4.69. The quantitative estimate of drug-likeness (QED) is 0.518. The van der Waals surface area contributed by atoms with Crippen LogP contribution >= 0.6 is 0 Å². The van der Waals surface area contributed by atoms with Crippen molar-refractivity contribution in [1.82, 2.24) is 0 Å². The van der Waals surface area contributed by atoms with Gasteiger partial charge in [-0.1, -0.05) is 29.4 Å². The summed E-state index contributed by atoms with van der Waals surface area (Å²) in [5.74, 6) is 1.86. The van der Waals surface area contributed by atoms with Gasteiger partial charge in [-0.05, 0) is 84.1 Å². The standard InChI is InChI=1S/C23H32O2/c1-17(2)9-7-10-18(3)11-8-13-23(5)14-12-20-16-21(24-6)15-19(4)22(20)25-23/h9,11-12,14-16H,7-8,10,13H2,1-6H3. The normalized spacial score (nSPS) is 19.2. The second-order valence-electron chi connectivity index (χ2n) is 7.52. The number of aryl methyl sites for hydroxylation is 1. The van der Waals surface area contributed by atoms with E-state index in [1.165, 1.54) is 11.1 Å². The van der Waals surface area contributed by atoms with E-state index in [4.69, 9.17) is 9.47 Å². The summed E-state index contributed by atoms with van der Waals surface area (Å²) in [6, 6.07) is 4.07. The Balaban J connectivity index is 1.97. The van der Waals surface area contributed by atoms with Gasteiger partial charge in [0.2, 0.25) is 0 Å². The molecule has 1 heterocycles. The molecule has 0 saturated carbocycles. The van der Waals surface area contributed by atoms with Gasteiger partial charge in [0.1, 0.15) is 17.1 Å². The molecule has 0 aliphatic carbocycles. The fourth-order valence-electron chi connectivity index (χ4n) is 3.11. The molecule has 1 aliphatic heterocycles. The van der Waals surface area contributed by atoms with Crippen LogP contribution in [0.25, 0.3) is 6.08 Å². The van der Waals surface area contributed by atoms with E-state index in [-0.39, 0.29) is 5.60 Å². The van der Waals surface area contributed by atoms with Gasteiger partial charge in [-0.15, -0.1) is 0 Å². The number of benzene rings is 1. The molecule has 0 N–H and O–H groups in total. The first-order valence-electron chi connectivity index (χ1n) is 9.19. The number of allylic oxidation sites excluding steroid dienone is 4. The molecule has 0 amide bonds. The Morgan fingerprint density at radius 1 is 1.16 bits per heavy atom. The van der Waals surface area contributed by atoms with Gasteiger partial charge < -0.3 is 9.47 Å². The van der Waals surface area contributed by atoms with Crippen molar-refractivity contribution in [2.75, 3.05) is 7.11 Å². The van der Waals surface area contributed by atoms with Gasteiger partial charge >= 0.3 is 0 Å². The van der Waals surface area contributed by atoms with E-state index in [0.717, 1.165) is 48.3 Å². The molecule has 2 heteroatoms. The Morgan fingerprint density at radius 2 is 1.92 bits per heavy atom. The zero-order valence-electron chi connectivity index (χ0n) is 16.6. The van der Waals surface area contributed by atoms with E-state index in [9.17, 15) is 0 Å². The lowest BCUT2D eigenvalue weighted by Gasteiger charge is -2.32. The van der Waals surface area contributed by atoms with Crippen molar-refractivity contribution in [3.8, 4) is 11.5 Å². The predicted octanol–water partition coefficient (Wildman–Crippen LogP) is 6.64. The maximum absolute atomic E-state index is 6.36. The van der Waals surface area contributed by atoms with E-state index >= 15 is 0 Å². The van der Waals surface area contributed by atoms with Crippen LogP contribution in [0.2, 0.25) is 0 Å². The van der Waals surface area contributed by atoms with Gasteiger partial charge in [-0.2, -0.15) is 0 Å². The van der Waals surface area contributed by atoms with E-state index in [1.807, 2.05) is 12.1 Å². The molecule has 2 rings (SSSR count). The number of rotatable bonds is 7. The molecular weight excluding hydrogens is 308 g/mol. The van der Waals surface area contributed by atoms with Crippen molar-refractivity contribution in [1.29, 1.82) is 0 Å². The fourth-order valence-corrected chi connectivity index (χ4v) is 3.11. The van der Waals surface area contributed by atoms with E-state index < -0.39 is 0 Å². The molecule has 0 bridgehead atoms. The summed E-state index contributed by atoms with van der Waals surface area (Å²) in [5, 5.41) is 0. The van der Waals surface area contributed by atoms with Crippen molar-refractivity contribution in [2.45, 2.75) is 65.9 Å². The van der Waals surface area contributed by atoms with Gasteiger partial charge in [-0.25, -0.2) is 0 Å². The van der Waals surface area contributed by atoms with Crippen LogP contribution in [0.4, 0.5) is 0 Å². The highest BCUT2D eigenvalue weighted by atomic mass is 16.5. The van der Waals surface area contributed by atoms with E-state index in [2.05, 4.69) is 58.9 Å². The maximum Gasteiger partial charge on any atom is 0.131 e. The van der Waals surface area contributed by atoms with Crippen LogP contribution in [-0.2, 0) is 0 Å². The smallest absolute Gasteiger partial charge is 0.131 e. The summed E-state index contributed by atoms with van der Waals surface area (Å²) in [7, 11) is 1.70. The van der Waals surface area contributed by atoms with Crippen LogP contribution in [0.15, 0.2) is 41.5 Å². The summed E-state index contributed by atoms with van der Waals surface area (Å²) in [6.45, 7) is 10.8. The van der Waals surface area contributed by atoms with Crippen molar-refractivity contribution in [3.05, 3.63) is 52.6 Å². The molecule has 0 aromatic heterocycles. The van der Waals surface area contributed by atoms with E-state index in [1.54, 1.807) is 7.11 Å². The fraction of sp³-hybridized carbons (Fsp3) is 0.478. The third-order valence-corrected chi connectivity index (χ3v) is 4.69. The molecule has 0 spiro atoms. The monoisotopic (exact) mass is 340 g/mol. The lowest BCUT2D eigenvalue weighted by molar-refractivity contribution is 0.127. The Bertz CT molecular complexity index is 690. The second-order valence-corrected chi connectivity index (χ2v) is 7.52. The average molecular weight is 341 g/mol. The molecule has 0 saturated heterocycles. The number of fused-ring (bicyclic) bond motifs is 1. The first kappa shape index (κ1) is 19.4. The Kier molecular flexibility index (Phi) is 6.52.